The van der Waals surface area contributed by atoms with Crippen molar-refractivity contribution in [1.82, 2.24) is 8.87 Å². The van der Waals surface area contributed by atoms with Gasteiger partial charge in [0.05, 0.1) is 5.75 Å². The van der Waals surface area contributed by atoms with Crippen LogP contribution in [0.4, 0.5) is 0 Å². The van der Waals surface area contributed by atoms with E-state index in [1.807, 2.05) is 48.5 Å². The van der Waals surface area contributed by atoms with E-state index in [4.69, 9.17) is 0 Å². The van der Waals surface area contributed by atoms with Crippen LogP contribution in [0.5, 0.6) is 0 Å². The first-order valence-electron chi connectivity index (χ1n) is 6.27. The average Bonchev–Trinajstić information content (AvgIpc) is 2.83. The zero-order valence-corrected chi connectivity index (χ0v) is 11.9. The largest absolute Gasteiger partial charge is 0.361 e. The van der Waals surface area contributed by atoms with Crippen LogP contribution in [0, 0.1) is 0 Å². The molecule has 6 heteroatoms. The standard InChI is InChI=1S/C14H15N3O2S/c1-16-9-13-7-8-17(14(13)15-11-16)20(18,19)10-12-5-3-2-4-6-12/h2-9H,10-11H2,1H3. The molecule has 0 aliphatic carbocycles. The van der Waals surface area contributed by atoms with Crippen LogP contribution < -0.4 is 10.7 Å². The smallest absolute Gasteiger partial charge is 0.244 e. The number of hydrogen-bond acceptors (Lipinski definition) is 4. The molecule has 104 valence electrons. The summed E-state index contributed by atoms with van der Waals surface area (Å²) in [5, 5.41) is 0.829. The summed E-state index contributed by atoms with van der Waals surface area (Å²) in [5.74, 6) is -0.0275. The molecule has 0 bridgehead atoms. The summed E-state index contributed by atoms with van der Waals surface area (Å²) < 4.78 is 26.3. The predicted octanol–water partition coefficient (Wildman–Crippen LogP) is 0.127. The van der Waals surface area contributed by atoms with Crippen molar-refractivity contribution in [2.24, 2.45) is 4.99 Å². The topological polar surface area (TPSA) is 54.7 Å². The van der Waals surface area contributed by atoms with Gasteiger partial charge in [-0.15, -0.1) is 0 Å². The molecule has 0 spiro atoms. The Hall–Kier alpha value is -2.08. The fourth-order valence-electron chi connectivity index (χ4n) is 2.22. The van der Waals surface area contributed by atoms with E-state index in [0.717, 1.165) is 10.8 Å². The maximum Gasteiger partial charge on any atom is 0.244 e. The third-order valence-electron chi connectivity index (χ3n) is 3.15. The lowest BCUT2D eigenvalue weighted by Gasteiger charge is -2.13. The van der Waals surface area contributed by atoms with Gasteiger partial charge >= 0.3 is 0 Å². The molecule has 0 radical (unpaired) electrons. The van der Waals surface area contributed by atoms with Crippen molar-refractivity contribution in [3.05, 3.63) is 58.9 Å². The fraction of sp³-hybridized carbons (Fsp3) is 0.214. The van der Waals surface area contributed by atoms with Gasteiger partial charge in [0.2, 0.25) is 10.0 Å². The van der Waals surface area contributed by atoms with E-state index in [-0.39, 0.29) is 5.75 Å². The minimum Gasteiger partial charge on any atom is -0.361 e. The van der Waals surface area contributed by atoms with E-state index in [9.17, 15) is 8.42 Å². The lowest BCUT2D eigenvalue weighted by atomic mass is 10.2. The molecule has 1 aromatic carbocycles. The molecule has 0 unspecified atom stereocenters. The first-order valence-corrected chi connectivity index (χ1v) is 7.88. The van der Waals surface area contributed by atoms with Crippen LogP contribution in [0.25, 0.3) is 6.20 Å². The second kappa shape index (κ2) is 4.79. The lowest BCUT2D eigenvalue weighted by Crippen LogP contribution is -2.39. The Labute approximate surface area is 117 Å². The molecule has 0 saturated carbocycles. The molecule has 0 saturated heterocycles. The normalized spacial score (nSPS) is 14.3. The van der Waals surface area contributed by atoms with E-state index < -0.39 is 10.0 Å². The van der Waals surface area contributed by atoms with Crippen LogP contribution >= 0.6 is 0 Å². The minimum atomic E-state index is -3.44. The lowest BCUT2D eigenvalue weighted by molar-refractivity contribution is 0.494. The van der Waals surface area contributed by atoms with Crippen molar-refractivity contribution < 1.29 is 8.42 Å². The Bertz CT molecular complexity index is 838. The fourth-order valence-corrected chi connectivity index (χ4v) is 3.64. The molecule has 2 aromatic rings. The van der Waals surface area contributed by atoms with E-state index in [0.29, 0.717) is 12.2 Å². The SMILES string of the molecule is CN1C=c2ccn(S(=O)(=O)Cc3ccccc3)c2=NC1. The maximum atomic E-state index is 12.5. The molecule has 0 N–H and O–H groups in total. The number of aromatic nitrogens is 1. The van der Waals surface area contributed by atoms with Crippen molar-refractivity contribution in [2.75, 3.05) is 13.7 Å². The van der Waals surface area contributed by atoms with Gasteiger partial charge in [0, 0.05) is 24.7 Å². The highest BCUT2D eigenvalue weighted by Gasteiger charge is 2.17. The van der Waals surface area contributed by atoms with E-state index in [2.05, 4.69) is 4.99 Å². The summed E-state index contributed by atoms with van der Waals surface area (Å²) >= 11 is 0. The molecular formula is C14H15N3O2S. The number of fused-ring (bicyclic) bond motifs is 1. The van der Waals surface area contributed by atoms with Crippen LogP contribution in [0.2, 0.25) is 0 Å². The zero-order valence-electron chi connectivity index (χ0n) is 11.1. The summed E-state index contributed by atoms with van der Waals surface area (Å²) in [5.41, 5.74) is 1.28. The van der Waals surface area contributed by atoms with Gasteiger partial charge in [-0.3, -0.25) is 0 Å². The number of rotatable bonds is 3. The molecule has 1 aliphatic heterocycles. The first kappa shape index (κ1) is 12.9. The van der Waals surface area contributed by atoms with E-state index in [1.54, 1.807) is 12.3 Å². The summed E-state index contributed by atoms with van der Waals surface area (Å²) in [6, 6.07) is 10.9. The highest BCUT2D eigenvalue weighted by atomic mass is 32.2. The second-order valence-electron chi connectivity index (χ2n) is 4.82. The zero-order chi connectivity index (χ0) is 14.2. The third-order valence-corrected chi connectivity index (χ3v) is 4.74. The molecule has 1 aliphatic rings. The van der Waals surface area contributed by atoms with Gasteiger partial charge < -0.3 is 4.90 Å². The van der Waals surface area contributed by atoms with Crippen molar-refractivity contribution in [2.45, 2.75) is 5.75 Å². The minimum absolute atomic E-state index is 0.0275. The van der Waals surface area contributed by atoms with Crippen LogP contribution in [0.3, 0.4) is 0 Å². The molecule has 2 heterocycles. The van der Waals surface area contributed by atoms with Gasteiger partial charge in [-0.2, -0.15) is 0 Å². The van der Waals surface area contributed by atoms with Gasteiger partial charge in [0.15, 0.2) is 5.49 Å². The average molecular weight is 289 g/mol. The summed E-state index contributed by atoms with van der Waals surface area (Å²) in [4.78, 5) is 6.23. The van der Waals surface area contributed by atoms with Crippen LogP contribution in [-0.4, -0.2) is 31.0 Å². The van der Waals surface area contributed by atoms with Gasteiger partial charge in [-0.25, -0.2) is 17.4 Å². The first-order chi connectivity index (χ1) is 9.56. The second-order valence-corrected chi connectivity index (χ2v) is 6.66. The van der Waals surface area contributed by atoms with Gasteiger partial charge in [-0.1, -0.05) is 30.3 Å². The number of nitrogens with zero attached hydrogens (tertiary/aromatic N) is 3. The molecule has 0 amide bonds. The molecule has 0 fully saturated rings. The number of hydrogen-bond donors (Lipinski definition) is 0. The molecule has 20 heavy (non-hydrogen) atoms. The van der Waals surface area contributed by atoms with Gasteiger partial charge in [-0.05, 0) is 11.6 Å². The summed E-state index contributed by atoms with van der Waals surface area (Å²) in [6.07, 6.45) is 3.47. The molecule has 1 aromatic heterocycles. The third kappa shape index (κ3) is 2.34. The molecular weight excluding hydrogens is 274 g/mol. The van der Waals surface area contributed by atoms with Crippen molar-refractivity contribution in [1.29, 1.82) is 0 Å². The van der Waals surface area contributed by atoms with Crippen LogP contribution in [0.15, 0.2) is 47.6 Å². The molecule has 3 rings (SSSR count). The highest BCUT2D eigenvalue weighted by Crippen LogP contribution is 2.06. The van der Waals surface area contributed by atoms with Crippen LogP contribution in [0.1, 0.15) is 5.56 Å². The van der Waals surface area contributed by atoms with E-state index >= 15 is 0 Å². The highest BCUT2D eigenvalue weighted by molar-refractivity contribution is 7.89. The molecule has 5 nitrogen and oxygen atoms in total. The Balaban J connectivity index is 2.04. The van der Waals surface area contributed by atoms with Crippen LogP contribution in [-0.2, 0) is 15.8 Å². The van der Waals surface area contributed by atoms with E-state index in [1.165, 1.54) is 3.97 Å². The quantitative estimate of drug-likeness (QED) is 0.807. The monoisotopic (exact) mass is 289 g/mol. The predicted molar refractivity (Wildman–Crippen MR) is 76.8 cm³/mol. The van der Waals surface area contributed by atoms with Crippen molar-refractivity contribution in [3.63, 3.8) is 0 Å². The summed E-state index contributed by atoms with van der Waals surface area (Å²) in [7, 11) is -1.54. The molecule has 0 atom stereocenters. The van der Waals surface area contributed by atoms with Crippen molar-refractivity contribution in [3.8, 4) is 0 Å². The maximum absolute atomic E-state index is 12.5. The Morgan fingerprint density at radius 3 is 2.70 bits per heavy atom. The van der Waals surface area contributed by atoms with Gasteiger partial charge in [0.25, 0.3) is 0 Å². The van der Waals surface area contributed by atoms with Gasteiger partial charge in [0.1, 0.15) is 6.67 Å². The van der Waals surface area contributed by atoms with Crippen molar-refractivity contribution >= 4 is 16.2 Å². The Morgan fingerprint density at radius 1 is 1.20 bits per heavy atom. The summed E-state index contributed by atoms with van der Waals surface area (Å²) in [6.45, 7) is 0.470. The Kier molecular flexibility index (Phi) is 3.10. The number of benzene rings is 1. The Morgan fingerprint density at radius 2 is 1.95 bits per heavy atom.